The van der Waals surface area contributed by atoms with Crippen LogP contribution in [0, 0.1) is 0 Å². The van der Waals surface area contributed by atoms with Crippen LogP contribution in [-0.2, 0) is 11.0 Å². The fourth-order valence-corrected chi connectivity index (χ4v) is 2.36. The fraction of sp³-hybridized carbons (Fsp3) is 0.533. The SMILES string of the molecule is O=C1CCN(C[C@H](O)COc2ccccc2C(F)(F)F)CCN1. The maximum Gasteiger partial charge on any atom is 0.419 e. The number of halogens is 3. The van der Waals surface area contributed by atoms with E-state index in [1.807, 2.05) is 4.90 Å². The van der Waals surface area contributed by atoms with Crippen molar-refractivity contribution in [2.45, 2.75) is 18.7 Å². The van der Waals surface area contributed by atoms with Crippen LogP contribution in [0.5, 0.6) is 5.75 Å². The molecule has 0 spiro atoms. The van der Waals surface area contributed by atoms with Gasteiger partial charge in [0.25, 0.3) is 0 Å². The Balaban J connectivity index is 1.87. The Kier molecular flexibility index (Phi) is 5.84. The van der Waals surface area contributed by atoms with Crippen LogP contribution in [0.1, 0.15) is 12.0 Å². The van der Waals surface area contributed by atoms with E-state index in [2.05, 4.69) is 5.32 Å². The molecule has 1 atom stereocenters. The highest BCUT2D eigenvalue weighted by atomic mass is 19.4. The Bertz CT molecular complexity index is 537. The number of alkyl halides is 3. The fourth-order valence-electron chi connectivity index (χ4n) is 2.36. The maximum atomic E-state index is 12.8. The van der Waals surface area contributed by atoms with Crippen molar-refractivity contribution < 1.29 is 27.8 Å². The molecule has 1 fully saturated rings. The molecule has 0 saturated carbocycles. The molecular formula is C15H19F3N2O3. The van der Waals surface area contributed by atoms with Crippen LogP contribution in [0.3, 0.4) is 0 Å². The monoisotopic (exact) mass is 332 g/mol. The van der Waals surface area contributed by atoms with Gasteiger partial charge in [-0.25, -0.2) is 0 Å². The molecule has 128 valence electrons. The van der Waals surface area contributed by atoms with Gasteiger partial charge in [-0.1, -0.05) is 12.1 Å². The number of carbonyl (C=O) groups is 1. The van der Waals surface area contributed by atoms with Crippen molar-refractivity contribution in [3.8, 4) is 5.75 Å². The third kappa shape index (κ3) is 5.40. The number of hydrogen-bond acceptors (Lipinski definition) is 4. The number of nitrogens with one attached hydrogen (secondary N) is 1. The molecule has 1 amide bonds. The highest BCUT2D eigenvalue weighted by Gasteiger charge is 2.34. The Hall–Kier alpha value is -1.80. The van der Waals surface area contributed by atoms with Gasteiger partial charge >= 0.3 is 6.18 Å². The van der Waals surface area contributed by atoms with Gasteiger partial charge in [0.05, 0.1) is 5.56 Å². The largest absolute Gasteiger partial charge is 0.490 e. The highest BCUT2D eigenvalue weighted by Crippen LogP contribution is 2.35. The van der Waals surface area contributed by atoms with E-state index in [4.69, 9.17) is 4.74 Å². The van der Waals surface area contributed by atoms with Gasteiger partial charge in [0, 0.05) is 32.6 Å². The summed E-state index contributed by atoms with van der Waals surface area (Å²) in [6, 6.07) is 4.90. The summed E-state index contributed by atoms with van der Waals surface area (Å²) in [7, 11) is 0. The minimum absolute atomic E-state index is 0.0441. The zero-order valence-electron chi connectivity index (χ0n) is 12.5. The molecule has 0 bridgehead atoms. The van der Waals surface area contributed by atoms with Gasteiger partial charge in [0.2, 0.25) is 5.91 Å². The smallest absolute Gasteiger partial charge is 0.419 e. The predicted octanol–water partition coefficient (Wildman–Crippen LogP) is 1.27. The average Bonchev–Trinajstić information content (AvgIpc) is 2.69. The number of hydrogen-bond donors (Lipinski definition) is 2. The predicted molar refractivity (Wildman–Crippen MR) is 77.0 cm³/mol. The zero-order valence-corrected chi connectivity index (χ0v) is 12.5. The maximum absolute atomic E-state index is 12.8. The number of β-amino-alcohol motifs (C(OH)–C–C–N with tert-alkyl or cyclic N) is 1. The Morgan fingerprint density at radius 3 is 2.78 bits per heavy atom. The van der Waals surface area contributed by atoms with Crippen LogP contribution in [0.15, 0.2) is 24.3 Å². The summed E-state index contributed by atoms with van der Waals surface area (Å²) in [4.78, 5) is 13.1. The van der Waals surface area contributed by atoms with Crippen molar-refractivity contribution >= 4 is 5.91 Å². The second-order valence-corrected chi connectivity index (χ2v) is 5.36. The van der Waals surface area contributed by atoms with Crippen molar-refractivity contribution in [2.24, 2.45) is 0 Å². The number of rotatable bonds is 5. The van der Waals surface area contributed by atoms with Crippen molar-refractivity contribution in [2.75, 3.05) is 32.8 Å². The van der Waals surface area contributed by atoms with E-state index in [-0.39, 0.29) is 24.8 Å². The molecule has 5 nitrogen and oxygen atoms in total. The number of amides is 1. The zero-order chi connectivity index (χ0) is 16.9. The van der Waals surface area contributed by atoms with Crippen LogP contribution in [-0.4, -0.2) is 54.8 Å². The number of para-hydroxylation sites is 1. The number of nitrogens with zero attached hydrogens (tertiary/aromatic N) is 1. The molecule has 1 saturated heterocycles. The Morgan fingerprint density at radius 2 is 2.04 bits per heavy atom. The van der Waals surface area contributed by atoms with Gasteiger partial charge < -0.3 is 15.2 Å². The molecule has 1 heterocycles. The molecule has 23 heavy (non-hydrogen) atoms. The van der Waals surface area contributed by atoms with E-state index in [9.17, 15) is 23.1 Å². The van der Waals surface area contributed by atoms with Crippen LogP contribution < -0.4 is 10.1 Å². The minimum atomic E-state index is -4.50. The van der Waals surface area contributed by atoms with Crippen molar-refractivity contribution in [3.05, 3.63) is 29.8 Å². The molecule has 0 aliphatic carbocycles. The Labute approximate surface area is 132 Å². The van der Waals surface area contributed by atoms with Gasteiger partial charge in [0.15, 0.2) is 0 Å². The third-order valence-electron chi connectivity index (χ3n) is 3.50. The van der Waals surface area contributed by atoms with Gasteiger partial charge in [-0.3, -0.25) is 9.69 Å². The summed E-state index contributed by atoms with van der Waals surface area (Å²) < 4.78 is 43.7. The molecule has 1 aromatic rings. The molecule has 0 aromatic heterocycles. The van der Waals surface area contributed by atoms with Crippen molar-refractivity contribution in [3.63, 3.8) is 0 Å². The molecule has 0 radical (unpaired) electrons. The first-order chi connectivity index (χ1) is 10.9. The summed E-state index contributed by atoms with van der Waals surface area (Å²) in [5.74, 6) is -0.343. The quantitative estimate of drug-likeness (QED) is 0.852. The first kappa shape index (κ1) is 17.6. The van der Waals surface area contributed by atoms with E-state index in [1.54, 1.807) is 0 Å². The minimum Gasteiger partial charge on any atom is -0.490 e. The molecular weight excluding hydrogens is 313 g/mol. The Morgan fingerprint density at radius 1 is 1.30 bits per heavy atom. The van der Waals surface area contributed by atoms with Crippen molar-refractivity contribution in [1.82, 2.24) is 10.2 Å². The van der Waals surface area contributed by atoms with E-state index in [0.717, 1.165) is 6.07 Å². The molecule has 1 aromatic carbocycles. The summed E-state index contributed by atoms with van der Waals surface area (Å²) >= 11 is 0. The van der Waals surface area contributed by atoms with E-state index >= 15 is 0 Å². The first-order valence-electron chi connectivity index (χ1n) is 7.32. The third-order valence-corrected chi connectivity index (χ3v) is 3.50. The normalized spacial score (nSPS) is 18.2. The molecule has 0 unspecified atom stereocenters. The van der Waals surface area contributed by atoms with Gasteiger partial charge in [-0.2, -0.15) is 13.2 Å². The first-order valence-corrected chi connectivity index (χ1v) is 7.32. The summed E-state index contributed by atoms with van der Waals surface area (Å²) in [5, 5.41) is 12.7. The van der Waals surface area contributed by atoms with E-state index in [0.29, 0.717) is 26.1 Å². The molecule has 8 heteroatoms. The van der Waals surface area contributed by atoms with E-state index in [1.165, 1.54) is 18.2 Å². The van der Waals surface area contributed by atoms with Crippen LogP contribution in [0.4, 0.5) is 13.2 Å². The lowest BCUT2D eigenvalue weighted by Crippen LogP contribution is -2.37. The lowest BCUT2D eigenvalue weighted by atomic mass is 10.2. The van der Waals surface area contributed by atoms with Crippen LogP contribution in [0.25, 0.3) is 0 Å². The molecule has 2 N–H and O–H groups in total. The van der Waals surface area contributed by atoms with Crippen LogP contribution >= 0.6 is 0 Å². The summed E-state index contributed by atoms with van der Waals surface area (Å²) in [6.07, 6.45) is -5.10. The number of aliphatic hydroxyl groups excluding tert-OH is 1. The lowest BCUT2D eigenvalue weighted by Gasteiger charge is -2.23. The topological polar surface area (TPSA) is 61.8 Å². The molecule has 1 aliphatic heterocycles. The summed E-state index contributed by atoms with van der Waals surface area (Å²) in [6.45, 7) is 1.57. The number of benzene rings is 1. The summed E-state index contributed by atoms with van der Waals surface area (Å²) in [5.41, 5.74) is -0.864. The van der Waals surface area contributed by atoms with Gasteiger partial charge in [0.1, 0.15) is 18.5 Å². The van der Waals surface area contributed by atoms with Gasteiger partial charge in [-0.15, -0.1) is 0 Å². The second kappa shape index (κ2) is 7.65. The molecule has 2 rings (SSSR count). The number of ether oxygens (including phenoxy) is 1. The van der Waals surface area contributed by atoms with E-state index < -0.39 is 17.8 Å². The average molecular weight is 332 g/mol. The molecule has 1 aliphatic rings. The van der Waals surface area contributed by atoms with Crippen LogP contribution in [0.2, 0.25) is 0 Å². The standard InChI is InChI=1S/C15H19F3N2O3/c16-15(17,18)12-3-1-2-4-13(12)23-10-11(21)9-20-7-5-14(22)19-6-8-20/h1-4,11,21H,5-10H2,(H,19,22)/t11-/m0/s1. The lowest BCUT2D eigenvalue weighted by molar-refractivity contribution is -0.139. The second-order valence-electron chi connectivity index (χ2n) is 5.36. The van der Waals surface area contributed by atoms with Gasteiger partial charge in [-0.05, 0) is 12.1 Å². The highest BCUT2D eigenvalue weighted by molar-refractivity contribution is 5.76. The number of carbonyl (C=O) groups excluding carboxylic acids is 1. The van der Waals surface area contributed by atoms with Crippen molar-refractivity contribution in [1.29, 1.82) is 0 Å². The number of aliphatic hydroxyl groups is 1.